The minimum absolute atomic E-state index is 0.104. The molecule has 0 radical (unpaired) electrons. The van der Waals surface area contributed by atoms with Crippen molar-refractivity contribution in [3.8, 4) is 0 Å². The highest BCUT2D eigenvalue weighted by Crippen LogP contribution is 2.11. The normalized spacial score (nSPS) is 19.3. The van der Waals surface area contributed by atoms with Crippen LogP contribution in [-0.2, 0) is 14.4 Å². The van der Waals surface area contributed by atoms with E-state index in [9.17, 15) is 14.4 Å². The van der Waals surface area contributed by atoms with Crippen LogP contribution < -0.4 is 11.5 Å². The summed E-state index contributed by atoms with van der Waals surface area (Å²) < 4.78 is 0. The van der Waals surface area contributed by atoms with Gasteiger partial charge in [-0.15, -0.1) is 0 Å². The van der Waals surface area contributed by atoms with Gasteiger partial charge < -0.3 is 11.5 Å². The van der Waals surface area contributed by atoms with Crippen molar-refractivity contribution in [2.75, 3.05) is 6.54 Å². The van der Waals surface area contributed by atoms with Crippen molar-refractivity contribution >= 4 is 17.7 Å². The van der Waals surface area contributed by atoms with Crippen molar-refractivity contribution in [3.05, 3.63) is 0 Å². The Hall–Kier alpha value is -1.43. The average Bonchev–Trinajstić information content (AvgIpc) is 2.35. The number of carbonyl (C=O) groups is 3. The van der Waals surface area contributed by atoms with E-state index in [4.69, 9.17) is 11.5 Å². The lowest BCUT2D eigenvalue weighted by Gasteiger charge is -2.16. The van der Waals surface area contributed by atoms with E-state index in [-0.39, 0.29) is 31.2 Å². The molecular weight excluding hydrogens is 174 g/mol. The number of primary amides is 1. The van der Waals surface area contributed by atoms with E-state index < -0.39 is 11.9 Å². The van der Waals surface area contributed by atoms with Gasteiger partial charge in [0.1, 0.15) is 6.04 Å². The highest BCUT2D eigenvalue weighted by molar-refractivity contribution is 6.02. The summed E-state index contributed by atoms with van der Waals surface area (Å²) in [5, 5.41) is 0. The highest BCUT2D eigenvalue weighted by atomic mass is 16.2. The molecule has 13 heavy (non-hydrogen) atoms. The lowest BCUT2D eigenvalue weighted by Crippen LogP contribution is -2.47. The van der Waals surface area contributed by atoms with Crippen molar-refractivity contribution in [2.24, 2.45) is 11.5 Å². The van der Waals surface area contributed by atoms with Crippen LogP contribution in [-0.4, -0.2) is 35.2 Å². The topological polar surface area (TPSA) is 106 Å². The molecule has 0 aromatic rings. The first-order valence-corrected chi connectivity index (χ1v) is 3.90. The molecule has 0 spiro atoms. The van der Waals surface area contributed by atoms with Gasteiger partial charge in [-0.3, -0.25) is 19.3 Å². The van der Waals surface area contributed by atoms with Crippen LogP contribution >= 0.6 is 0 Å². The molecule has 0 saturated carbocycles. The molecule has 72 valence electrons. The fourth-order valence-electron chi connectivity index (χ4n) is 1.11. The number of nitrogens with zero attached hydrogens (tertiary/aromatic N) is 1. The number of carbonyl (C=O) groups excluding carboxylic acids is 3. The zero-order valence-electron chi connectivity index (χ0n) is 7.03. The second-order valence-electron chi connectivity index (χ2n) is 2.91. The molecule has 0 aromatic carbocycles. The van der Waals surface area contributed by atoms with E-state index in [2.05, 4.69) is 0 Å². The van der Waals surface area contributed by atoms with Crippen molar-refractivity contribution < 1.29 is 14.4 Å². The van der Waals surface area contributed by atoms with Crippen LogP contribution in [0.25, 0.3) is 0 Å². The molecule has 1 heterocycles. The Balaban J connectivity index is 2.57. The third kappa shape index (κ3) is 2.03. The standard InChI is InChI=1S/C7H11N3O3/c8-4(7(9)13)3-10-5(11)1-2-6(10)12/h4H,1-3,8H2,(H2,9,13). The largest absolute Gasteiger partial charge is 0.368 e. The van der Waals surface area contributed by atoms with Gasteiger partial charge in [-0.05, 0) is 0 Å². The summed E-state index contributed by atoms with van der Waals surface area (Å²) >= 11 is 0. The van der Waals surface area contributed by atoms with Gasteiger partial charge in [0, 0.05) is 12.8 Å². The summed E-state index contributed by atoms with van der Waals surface area (Å²) in [6.45, 7) is -0.104. The second kappa shape index (κ2) is 3.53. The molecule has 0 aromatic heterocycles. The molecule has 1 rings (SSSR count). The molecule has 1 aliphatic rings. The lowest BCUT2D eigenvalue weighted by molar-refractivity contribution is -0.138. The van der Waals surface area contributed by atoms with Crippen LogP contribution in [0, 0.1) is 0 Å². The van der Waals surface area contributed by atoms with Crippen LogP contribution in [0.1, 0.15) is 12.8 Å². The molecule has 4 N–H and O–H groups in total. The molecule has 1 atom stereocenters. The molecular formula is C7H11N3O3. The maximum absolute atomic E-state index is 11.0. The van der Waals surface area contributed by atoms with Crippen molar-refractivity contribution in [2.45, 2.75) is 18.9 Å². The van der Waals surface area contributed by atoms with Crippen molar-refractivity contribution in [3.63, 3.8) is 0 Å². The Bertz CT molecular complexity index is 248. The number of hydrogen-bond acceptors (Lipinski definition) is 4. The molecule has 1 fully saturated rings. The predicted octanol–water partition coefficient (Wildman–Crippen LogP) is -2.05. The van der Waals surface area contributed by atoms with E-state index >= 15 is 0 Å². The number of likely N-dealkylation sites (tertiary alicyclic amines) is 1. The van der Waals surface area contributed by atoms with Gasteiger partial charge in [0.2, 0.25) is 17.7 Å². The average molecular weight is 185 g/mol. The Morgan fingerprint density at radius 3 is 2.23 bits per heavy atom. The second-order valence-corrected chi connectivity index (χ2v) is 2.91. The number of imide groups is 1. The summed E-state index contributed by atoms with van der Waals surface area (Å²) in [5.41, 5.74) is 10.2. The highest BCUT2D eigenvalue weighted by Gasteiger charge is 2.30. The van der Waals surface area contributed by atoms with Crippen LogP contribution in [0.4, 0.5) is 0 Å². The molecule has 1 saturated heterocycles. The van der Waals surface area contributed by atoms with Gasteiger partial charge in [0.15, 0.2) is 0 Å². The molecule has 6 heteroatoms. The Morgan fingerprint density at radius 1 is 1.38 bits per heavy atom. The Morgan fingerprint density at radius 2 is 1.85 bits per heavy atom. The van der Waals surface area contributed by atoms with Crippen molar-refractivity contribution in [1.82, 2.24) is 4.90 Å². The third-order valence-electron chi connectivity index (χ3n) is 1.90. The van der Waals surface area contributed by atoms with Crippen LogP contribution in [0.5, 0.6) is 0 Å². The van der Waals surface area contributed by atoms with Crippen LogP contribution in [0.2, 0.25) is 0 Å². The summed E-state index contributed by atoms with van der Waals surface area (Å²) in [6, 6.07) is -0.967. The monoisotopic (exact) mass is 185 g/mol. The fourth-order valence-corrected chi connectivity index (χ4v) is 1.11. The van der Waals surface area contributed by atoms with E-state index in [1.165, 1.54) is 0 Å². The van der Waals surface area contributed by atoms with E-state index in [1.807, 2.05) is 0 Å². The first-order valence-electron chi connectivity index (χ1n) is 3.90. The van der Waals surface area contributed by atoms with Gasteiger partial charge >= 0.3 is 0 Å². The van der Waals surface area contributed by atoms with Crippen LogP contribution in [0.15, 0.2) is 0 Å². The quantitative estimate of drug-likeness (QED) is 0.493. The minimum atomic E-state index is -0.967. The van der Waals surface area contributed by atoms with Gasteiger partial charge in [-0.1, -0.05) is 0 Å². The third-order valence-corrected chi connectivity index (χ3v) is 1.90. The summed E-state index contributed by atoms with van der Waals surface area (Å²) in [5.74, 6) is -1.30. The number of hydrogen-bond donors (Lipinski definition) is 2. The van der Waals surface area contributed by atoms with Gasteiger partial charge in [0.05, 0.1) is 6.54 Å². The summed E-state index contributed by atoms with van der Waals surface area (Å²) in [7, 11) is 0. The van der Waals surface area contributed by atoms with E-state index in [1.54, 1.807) is 0 Å². The maximum atomic E-state index is 11.0. The van der Waals surface area contributed by atoms with Crippen molar-refractivity contribution in [1.29, 1.82) is 0 Å². The summed E-state index contributed by atoms with van der Waals surface area (Å²) in [4.78, 5) is 33.6. The lowest BCUT2D eigenvalue weighted by atomic mass is 10.3. The van der Waals surface area contributed by atoms with E-state index in [0.29, 0.717) is 0 Å². The van der Waals surface area contributed by atoms with Gasteiger partial charge in [-0.25, -0.2) is 0 Å². The molecule has 1 unspecified atom stereocenters. The van der Waals surface area contributed by atoms with Gasteiger partial charge in [-0.2, -0.15) is 0 Å². The first kappa shape index (κ1) is 9.66. The SMILES string of the molecule is NC(=O)C(N)CN1C(=O)CCC1=O. The van der Waals surface area contributed by atoms with E-state index in [0.717, 1.165) is 4.90 Å². The van der Waals surface area contributed by atoms with Crippen LogP contribution in [0.3, 0.4) is 0 Å². The minimum Gasteiger partial charge on any atom is -0.368 e. The maximum Gasteiger partial charge on any atom is 0.236 e. The number of rotatable bonds is 3. The number of nitrogens with two attached hydrogens (primary N) is 2. The molecule has 0 bridgehead atoms. The summed E-state index contributed by atoms with van der Waals surface area (Å²) in [6.07, 6.45) is 0.397. The predicted molar refractivity (Wildman–Crippen MR) is 43.1 cm³/mol. The molecule has 6 nitrogen and oxygen atoms in total. The Kier molecular flexibility index (Phi) is 2.62. The molecule has 3 amide bonds. The zero-order valence-corrected chi connectivity index (χ0v) is 7.03. The number of amides is 3. The zero-order chi connectivity index (χ0) is 10.0. The first-order chi connectivity index (χ1) is 6.02. The Labute approximate surface area is 74.8 Å². The smallest absolute Gasteiger partial charge is 0.236 e. The van der Waals surface area contributed by atoms with Gasteiger partial charge in [0.25, 0.3) is 0 Å². The molecule has 0 aliphatic carbocycles. The fraction of sp³-hybridized carbons (Fsp3) is 0.571. The molecule has 1 aliphatic heterocycles.